The maximum absolute atomic E-state index is 12.7. The van der Waals surface area contributed by atoms with Crippen LogP contribution in [0.2, 0.25) is 0 Å². The molecule has 6 heteroatoms. The molecule has 0 aromatic heterocycles. The lowest BCUT2D eigenvalue weighted by atomic mass is 9.85. The molecule has 2 aliphatic rings. The first kappa shape index (κ1) is 26.3. The number of rotatable bonds is 12. The third kappa shape index (κ3) is 6.76. The van der Waals surface area contributed by atoms with Crippen LogP contribution in [0.4, 0.5) is 0 Å². The van der Waals surface area contributed by atoms with Gasteiger partial charge in [0, 0.05) is 23.7 Å². The number of hydrogen-bond donors (Lipinski definition) is 2. The zero-order chi connectivity index (χ0) is 24.1. The second kappa shape index (κ2) is 10.8. The monoisotopic (exact) mass is 448 g/mol. The smallest absolute Gasteiger partial charge is 0.309 e. The van der Waals surface area contributed by atoms with Crippen LogP contribution in [0.5, 0.6) is 0 Å². The quantitative estimate of drug-likeness (QED) is 0.392. The molecule has 180 valence electrons. The van der Waals surface area contributed by atoms with Crippen LogP contribution in [0.1, 0.15) is 91.9 Å². The summed E-state index contributed by atoms with van der Waals surface area (Å²) in [6.45, 7) is 6.87. The van der Waals surface area contributed by atoms with Gasteiger partial charge in [-0.3, -0.25) is 19.2 Å². The van der Waals surface area contributed by atoms with Gasteiger partial charge >= 0.3 is 11.9 Å². The van der Waals surface area contributed by atoms with Crippen LogP contribution in [0.15, 0.2) is 12.2 Å². The fourth-order valence-corrected chi connectivity index (χ4v) is 4.95. The molecule has 2 N–H and O–H groups in total. The summed E-state index contributed by atoms with van der Waals surface area (Å²) in [5.74, 6) is -1.41. The summed E-state index contributed by atoms with van der Waals surface area (Å²) in [5.41, 5.74) is -1.52. The number of aliphatic carboxylic acids is 2. The Balaban J connectivity index is 1.77. The van der Waals surface area contributed by atoms with Gasteiger partial charge in [-0.15, -0.1) is 0 Å². The standard InChI is InChI=1S/C26H40O6/c1-25(2,23(29)30)15-5-7-17-9-11-19(21(17)27)13-14-20-12-10-18(22(20)28)8-6-16-26(3,4)24(31)32/h13-14,17-20H,5-12,15-16H2,1-4H3,(H,29,30)(H,31,32)/b14-13-. The average Bonchev–Trinajstić information content (AvgIpc) is 3.22. The third-order valence-corrected chi connectivity index (χ3v) is 7.63. The van der Waals surface area contributed by atoms with Gasteiger partial charge in [0.1, 0.15) is 11.6 Å². The van der Waals surface area contributed by atoms with Crippen molar-refractivity contribution < 1.29 is 29.4 Å². The maximum Gasteiger partial charge on any atom is 0.309 e. The van der Waals surface area contributed by atoms with Crippen molar-refractivity contribution in [3.63, 3.8) is 0 Å². The van der Waals surface area contributed by atoms with E-state index in [1.54, 1.807) is 27.7 Å². The summed E-state index contributed by atoms with van der Waals surface area (Å²) in [6, 6.07) is 0. The van der Waals surface area contributed by atoms with Crippen molar-refractivity contribution in [2.45, 2.75) is 91.9 Å². The van der Waals surface area contributed by atoms with E-state index < -0.39 is 22.8 Å². The molecule has 0 aromatic rings. The first-order valence-corrected chi connectivity index (χ1v) is 12.1. The number of carbonyl (C=O) groups excluding carboxylic acids is 2. The Morgan fingerprint density at radius 1 is 0.750 bits per heavy atom. The average molecular weight is 449 g/mol. The molecule has 0 aromatic carbocycles. The van der Waals surface area contributed by atoms with Crippen molar-refractivity contribution in [3.05, 3.63) is 12.2 Å². The second-order valence-corrected chi connectivity index (χ2v) is 11.1. The lowest BCUT2D eigenvalue weighted by Crippen LogP contribution is -2.24. The molecule has 0 spiro atoms. The lowest BCUT2D eigenvalue weighted by molar-refractivity contribution is -0.148. The Bertz CT molecular complexity index is 685. The highest BCUT2D eigenvalue weighted by Gasteiger charge is 2.36. The molecule has 4 atom stereocenters. The van der Waals surface area contributed by atoms with Crippen molar-refractivity contribution >= 4 is 23.5 Å². The number of allylic oxidation sites excluding steroid dienone is 2. The molecule has 2 fully saturated rings. The van der Waals surface area contributed by atoms with E-state index in [4.69, 9.17) is 0 Å². The van der Waals surface area contributed by atoms with E-state index in [9.17, 15) is 29.4 Å². The number of hydrogen-bond acceptors (Lipinski definition) is 4. The molecule has 0 saturated heterocycles. The van der Waals surface area contributed by atoms with Crippen molar-refractivity contribution in [2.24, 2.45) is 34.5 Å². The summed E-state index contributed by atoms with van der Waals surface area (Å²) >= 11 is 0. The normalized spacial score (nSPS) is 26.9. The van der Waals surface area contributed by atoms with E-state index in [0.717, 1.165) is 51.4 Å². The highest BCUT2D eigenvalue weighted by Crippen LogP contribution is 2.36. The van der Waals surface area contributed by atoms with Crippen LogP contribution in [0.3, 0.4) is 0 Å². The molecule has 2 saturated carbocycles. The number of carbonyl (C=O) groups is 4. The third-order valence-electron chi connectivity index (χ3n) is 7.63. The first-order valence-electron chi connectivity index (χ1n) is 12.1. The van der Waals surface area contributed by atoms with E-state index in [0.29, 0.717) is 12.8 Å². The van der Waals surface area contributed by atoms with Gasteiger partial charge in [0.25, 0.3) is 0 Å². The van der Waals surface area contributed by atoms with Gasteiger partial charge in [-0.25, -0.2) is 0 Å². The summed E-state index contributed by atoms with van der Waals surface area (Å²) < 4.78 is 0. The van der Waals surface area contributed by atoms with Crippen LogP contribution in [-0.2, 0) is 19.2 Å². The summed E-state index contributed by atoms with van der Waals surface area (Å²) in [6.07, 6.45) is 11.2. The molecule has 0 radical (unpaired) electrons. The number of carboxylic acids is 2. The molecular formula is C26H40O6. The molecule has 2 rings (SSSR count). The summed E-state index contributed by atoms with van der Waals surface area (Å²) in [5, 5.41) is 18.4. The van der Waals surface area contributed by atoms with Crippen molar-refractivity contribution in [2.75, 3.05) is 0 Å². The van der Waals surface area contributed by atoms with E-state index >= 15 is 0 Å². The Labute approximate surface area is 191 Å². The molecule has 2 aliphatic carbocycles. The van der Waals surface area contributed by atoms with Gasteiger partial charge in [0.05, 0.1) is 10.8 Å². The summed E-state index contributed by atoms with van der Waals surface area (Å²) in [4.78, 5) is 47.9. The molecular weight excluding hydrogens is 408 g/mol. The number of ketones is 2. The molecule has 6 nitrogen and oxygen atoms in total. The molecule has 0 heterocycles. The highest BCUT2D eigenvalue weighted by atomic mass is 16.4. The minimum Gasteiger partial charge on any atom is -0.481 e. The molecule has 4 unspecified atom stereocenters. The van der Waals surface area contributed by atoms with Gasteiger partial charge < -0.3 is 10.2 Å². The molecule has 0 bridgehead atoms. The Morgan fingerprint density at radius 3 is 1.41 bits per heavy atom. The van der Waals surface area contributed by atoms with Gasteiger partial charge in [-0.1, -0.05) is 25.0 Å². The topological polar surface area (TPSA) is 109 Å². The Hall–Kier alpha value is -1.98. The minimum absolute atomic E-state index is 0.00105. The largest absolute Gasteiger partial charge is 0.481 e. The van der Waals surface area contributed by atoms with Crippen LogP contribution in [-0.4, -0.2) is 33.7 Å². The SMILES string of the molecule is CC(C)(CCCC1CCC(/C=C\C2CCC(CCCC(C)(C)C(=O)O)C2=O)C1=O)C(=O)O. The van der Waals surface area contributed by atoms with Crippen LogP contribution >= 0.6 is 0 Å². The van der Waals surface area contributed by atoms with Crippen LogP contribution in [0, 0.1) is 34.5 Å². The molecule has 0 amide bonds. The fourth-order valence-electron chi connectivity index (χ4n) is 4.95. The van der Waals surface area contributed by atoms with Crippen molar-refractivity contribution in [1.29, 1.82) is 0 Å². The fraction of sp³-hybridized carbons (Fsp3) is 0.769. The predicted octanol–water partition coefficient (Wildman–Crippen LogP) is 5.30. The summed E-state index contributed by atoms with van der Waals surface area (Å²) in [7, 11) is 0. The maximum atomic E-state index is 12.7. The molecule has 0 aliphatic heterocycles. The number of carboxylic acid groups (broad SMARTS) is 2. The van der Waals surface area contributed by atoms with E-state index in [1.807, 2.05) is 12.2 Å². The zero-order valence-electron chi connectivity index (χ0n) is 20.1. The Kier molecular flexibility index (Phi) is 8.83. The first-order chi connectivity index (χ1) is 14.8. The van der Waals surface area contributed by atoms with E-state index in [1.165, 1.54) is 0 Å². The predicted molar refractivity (Wildman–Crippen MR) is 122 cm³/mol. The minimum atomic E-state index is -0.804. The van der Waals surface area contributed by atoms with Crippen LogP contribution in [0.25, 0.3) is 0 Å². The van der Waals surface area contributed by atoms with Gasteiger partial charge in [-0.2, -0.15) is 0 Å². The van der Waals surface area contributed by atoms with E-state index in [2.05, 4.69) is 0 Å². The van der Waals surface area contributed by atoms with Crippen molar-refractivity contribution in [3.8, 4) is 0 Å². The van der Waals surface area contributed by atoms with Crippen LogP contribution < -0.4 is 0 Å². The lowest BCUT2D eigenvalue weighted by Gasteiger charge is -2.19. The Morgan fingerprint density at radius 2 is 1.09 bits per heavy atom. The zero-order valence-corrected chi connectivity index (χ0v) is 20.1. The number of Topliss-reactive ketones (excluding diaryl/α,β-unsaturated/α-hetero) is 2. The van der Waals surface area contributed by atoms with Gasteiger partial charge in [0.2, 0.25) is 0 Å². The van der Waals surface area contributed by atoms with E-state index in [-0.39, 0.29) is 35.2 Å². The molecule has 32 heavy (non-hydrogen) atoms. The van der Waals surface area contributed by atoms with Crippen molar-refractivity contribution in [1.82, 2.24) is 0 Å². The highest BCUT2D eigenvalue weighted by molar-refractivity contribution is 5.88. The second-order valence-electron chi connectivity index (χ2n) is 11.1. The van der Waals surface area contributed by atoms with Gasteiger partial charge in [-0.05, 0) is 79.1 Å². The van der Waals surface area contributed by atoms with Gasteiger partial charge in [0.15, 0.2) is 0 Å².